The van der Waals surface area contributed by atoms with Crippen molar-refractivity contribution in [2.45, 2.75) is 50.5 Å². The summed E-state index contributed by atoms with van der Waals surface area (Å²) < 4.78 is 26.1. The fraction of sp³-hybridized carbons (Fsp3) is 0.923. The maximum atomic E-state index is 13.1. The molecule has 18 heavy (non-hydrogen) atoms. The zero-order valence-corrected chi connectivity index (χ0v) is 10.9. The molecule has 0 aromatic heterocycles. The zero-order chi connectivity index (χ0) is 13.2. The van der Waals surface area contributed by atoms with Crippen molar-refractivity contribution in [2.24, 2.45) is 5.92 Å². The van der Waals surface area contributed by atoms with Crippen LogP contribution in [0.1, 0.15) is 38.5 Å². The lowest BCUT2D eigenvalue weighted by atomic mass is 9.85. The molecule has 1 unspecified atom stereocenters. The molecule has 1 heterocycles. The molecule has 0 bridgehead atoms. The molecule has 1 aliphatic heterocycles. The number of hydrogen-bond donors (Lipinski definition) is 1. The first kappa shape index (κ1) is 13.7. The molecular weight excluding hydrogens is 238 g/mol. The van der Waals surface area contributed by atoms with Gasteiger partial charge in [0.2, 0.25) is 11.8 Å². The summed E-state index contributed by atoms with van der Waals surface area (Å²) in [5, 5.41) is 3.19. The Balaban J connectivity index is 1.87. The Bertz CT molecular complexity index is 299. The second-order valence-corrected chi connectivity index (χ2v) is 5.54. The molecule has 1 aliphatic carbocycles. The molecule has 3 nitrogen and oxygen atoms in total. The van der Waals surface area contributed by atoms with Gasteiger partial charge in [0, 0.05) is 37.9 Å². The lowest BCUT2D eigenvalue weighted by molar-refractivity contribution is -0.141. The Morgan fingerprint density at radius 2 is 1.94 bits per heavy atom. The van der Waals surface area contributed by atoms with Crippen LogP contribution in [0.5, 0.6) is 0 Å². The van der Waals surface area contributed by atoms with E-state index in [2.05, 4.69) is 5.32 Å². The zero-order valence-electron chi connectivity index (χ0n) is 10.9. The molecule has 1 amide bonds. The number of halogens is 2. The Hall–Kier alpha value is -0.710. The Morgan fingerprint density at radius 1 is 1.28 bits per heavy atom. The summed E-state index contributed by atoms with van der Waals surface area (Å²) in [5.41, 5.74) is 0. The molecule has 0 radical (unpaired) electrons. The van der Waals surface area contributed by atoms with Gasteiger partial charge in [-0.2, -0.15) is 0 Å². The molecule has 5 heteroatoms. The van der Waals surface area contributed by atoms with Gasteiger partial charge in [0.25, 0.3) is 0 Å². The van der Waals surface area contributed by atoms with E-state index in [1.54, 1.807) is 0 Å². The van der Waals surface area contributed by atoms with Crippen molar-refractivity contribution in [3.63, 3.8) is 0 Å². The minimum atomic E-state index is -2.55. The first-order valence-corrected chi connectivity index (χ1v) is 6.86. The van der Waals surface area contributed by atoms with Crippen LogP contribution < -0.4 is 5.32 Å². The predicted molar refractivity (Wildman–Crippen MR) is 65.6 cm³/mol. The number of nitrogens with one attached hydrogen (secondary N) is 1. The molecule has 1 saturated carbocycles. The molecule has 0 spiro atoms. The van der Waals surface area contributed by atoms with Gasteiger partial charge in [-0.1, -0.05) is 0 Å². The number of likely N-dealkylation sites (tertiary alicyclic amines) is 1. The van der Waals surface area contributed by atoms with E-state index >= 15 is 0 Å². The number of likely N-dealkylation sites (N-methyl/N-ethyl adjacent to an activating group) is 1. The molecule has 1 N–H and O–H groups in total. The van der Waals surface area contributed by atoms with Crippen LogP contribution in [0, 0.1) is 5.92 Å². The lowest BCUT2D eigenvalue weighted by Crippen LogP contribution is -2.49. The molecular formula is C13H22F2N2O. The van der Waals surface area contributed by atoms with Gasteiger partial charge in [-0.3, -0.25) is 4.79 Å². The smallest absolute Gasteiger partial charge is 0.248 e. The van der Waals surface area contributed by atoms with E-state index in [4.69, 9.17) is 0 Å². The van der Waals surface area contributed by atoms with Crippen LogP contribution in [0.25, 0.3) is 0 Å². The van der Waals surface area contributed by atoms with Gasteiger partial charge in [0.15, 0.2) is 0 Å². The van der Waals surface area contributed by atoms with Gasteiger partial charge in [-0.05, 0) is 32.7 Å². The average molecular weight is 260 g/mol. The number of carbonyl (C=O) groups excluding carboxylic acids is 1. The van der Waals surface area contributed by atoms with Crippen LogP contribution in [0.3, 0.4) is 0 Å². The molecule has 104 valence electrons. The Labute approximate surface area is 107 Å². The quantitative estimate of drug-likeness (QED) is 0.824. The summed E-state index contributed by atoms with van der Waals surface area (Å²) in [5.74, 6) is -2.64. The van der Waals surface area contributed by atoms with E-state index in [1.165, 1.54) is 0 Å². The Morgan fingerprint density at radius 3 is 2.56 bits per heavy atom. The van der Waals surface area contributed by atoms with Gasteiger partial charge < -0.3 is 10.2 Å². The minimum Gasteiger partial charge on any atom is -0.341 e. The first-order chi connectivity index (χ1) is 8.52. The highest BCUT2D eigenvalue weighted by molar-refractivity contribution is 5.79. The number of amides is 1. The number of alkyl halides is 2. The van der Waals surface area contributed by atoms with Gasteiger partial charge in [0.05, 0.1) is 0 Å². The number of carbonyl (C=O) groups is 1. The largest absolute Gasteiger partial charge is 0.341 e. The van der Waals surface area contributed by atoms with Crippen molar-refractivity contribution >= 4 is 5.91 Å². The number of rotatable bonds is 2. The fourth-order valence-electron chi connectivity index (χ4n) is 2.96. The third-order valence-corrected chi connectivity index (χ3v) is 4.21. The minimum absolute atomic E-state index is 0.0884. The summed E-state index contributed by atoms with van der Waals surface area (Å²) in [6, 6.07) is 0.354. The second-order valence-electron chi connectivity index (χ2n) is 5.54. The van der Waals surface area contributed by atoms with Crippen LogP contribution in [-0.4, -0.2) is 42.9 Å². The van der Waals surface area contributed by atoms with Gasteiger partial charge in [0.1, 0.15) is 0 Å². The van der Waals surface area contributed by atoms with Crippen molar-refractivity contribution in [1.82, 2.24) is 10.2 Å². The fourth-order valence-corrected chi connectivity index (χ4v) is 2.96. The summed E-state index contributed by atoms with van der Waals surface area (Å²) in [7, 11) is 1.90. The maximum absolute atomic E-state index is 13.1. The molecule has 1 saturated heterocycles. The van der Waals surface area contributed by atoms with E-state index in [0.717, 1.165) is 25.9 Å². The predicted octanol–water partition coefficient (Wildman–Crippen LogP) is 2.02. The highest BCUT2D eigenvalue weighted by Crippen LogP contribution is 2.37. The molecule has 1 atom stereocenters. The van der Waals surface area contributed by atoms with Crippen LogP contribution in [0.2, 0.25) is 0 Å². The number of nitrogens with zero attached hydrogens (tertiary/aromatic N) is 1. The summed E-state index contributed by atoms with van der Waals surface area (Å²) in [6.45, 7) is 1.51. The molecule has 0 aromatic carbocycles. The average Bonchev–Trinajstić information content (AvgIpc) is 2.38. The van der Waals surface area contributed by atoms with E-state index in [-0.39, 0.29) is 24.7 Å². The topological polar surface area (TPSA) is 32.3 Å². The lowest BCUT2D eigenvalue weighted by Gasteiger charge is -2.36. The highest BCUT2D eigenvalue weighted by atomic mass is 19.3. The van der Waals surface area contributed by atoms with Crippen LogP contribution in [0.4, 0.5) is 8.78 Å². The summed E-state index contributed by atoms with van der Waals surface area (Å²) in [6.07, 6.45) is 2.50. The van der Waals surface area contributed by atoms with Crippen LogP contribution in [-0.2, 0) is 4.79 Å². The van der Waals surface area contributed by atoms with Crippen molar-refractivity contribution in [3.05, 3.63) is 0 Å². The normalized spacial score (nSPS) is 29.3. The van der Waals surface area contributed by atoms with E-state index in [1.807, 2.05) is 11.9 Å². The van der Waals surface area contributed by atoms with E-state index < -0.39 is 5.92 Å². The van der Waals surface area contributed by atoms with Gasteiger partial charge >= 0.3 is 0 Å². The van der Waals surface area contributed by atoms with Crippen LogP contribution >= 0.6 is 0 Å². The van der Waals surface area contributed by atoms with E-state index in [0.29, 0.717) is 18.9 Å². The standard InChI is InChI=1S/C13H22F2N2O/c1-16-11-3-2-8-17(9-11)12(18)10-4-6-13(14,15)7-5-10/h10-11,16H,2-9H2,1H3. The van der Waals surface area contributed by atoms with Crippen molar-refractivity contribution < 1.29 is 13.6 Å². The number of hydrogen-bond acceptors (Lipinski definition) is 2. The van der Waals surface area contributed by atoms with Crippen molar-refractivity contribution in [3.8, 4) is 0 Å². The second kappa shape index (κ2) is 5.51. The number of piperidine rings is 1. The monoisotopic (exact) mass is 260 g/mol. The van der Waals surface area contributed by atoms with Gasteiger partial charge in [-0.25, -0.2) is 8.78 Å². The molecule has 2 rings (SSSR count). The third-order valence-electron chi connectivity index (χ3n) is 4.21. The SMILES string of the molecule is CNC1CCCN(C(=O)C2CCC(F)(F)CC2)C1. The Kier molecular flexibility index (Phi) is 4.20. The van der Waals surface area contributed by atoms with Gasteiger partial charge in [-0.15, -0.1) is 0 Å². The molecule has 2 aliphatic rings. The van der Waals surface area contributed by atoms with Crippen molar-refractivity contribution in [2.75, 3.05) is 20.1 Å². The van der Waals surface area contributed by atoms with Crippen molar-refractivity contribution in [1.29, 1.82) is 0 Å². The maximum Gasteiger partial charge on any atom is 0.248 e. The highest BCUT2D eigenvalue weighted by Gasteiger charge is 2.39. The first-order valence-electron chi connectivity index (χ1n) is 6.86. The summed E-state index contributed by atoms with van der Waals surface area (Å²) in [4.78, 5) is 14.1. The molecule has 0 aromatic rings. The van der Waals surface area contributed by atoms with E-state index in [9.17, 15) is 13.6 Å². The van der Waals surface area contributed by atoms with Crippen LogP contribution in [0.15, 0.2) is 0 Å². The summed E-state index contributed by atoms with van der Waals surface area (Å²) >= 11 is 0. The molecule has 2 fully saturated rings. The third kappa shape index (κ3) is 3.19.